The number of phenols is 1. The molecule has 0 aliphatic heterocycles. The van der Waals surface area contributed by atoms with E-state index in [0.717, 1.165) is 31.6 Å². The molecule has 0 aliphatic rings. The van der Waals surface area contributed by atoms with Crippen LogP contribution in [0.2, 0.25) is 0 Å². The number of nitrogens with zero attached hydrogens (tertiary/aromatic N) is 6. The molecule has 4 rings (SSSR count). The number of ether oxygens (including phenoxy) is 1. The lowest BCUT2D eigenvalue weighted by Crippen LogP contribution is -2.21. The molecule has 0 saturated heterocycles. The number of nitrogens with one attached hydrogen (secondary N) is 1. The van der Waals surface area contributed by atoms with Gasteiger partial charge in [0.05, 0.1) is 18.4 Å². The molecule has 0 spiro atoms. The van der Waals surface area contributed by atoms with Crippen molar-refractivity contribution >= 4 is 22.7 Å². The third-order valence-electron chi connectivity index (χ3n) is 4.98. The van der Waals surface area contributed by atoms with E-state index in [-0.39, 0.29) is 11.7 Å². The number of hydrogen-bond donors (Lipinski definition) is 2. The molecule has 0 bridgehead atoms. The fourth-order valence-electron chi connectivity index (χ4n) is 3.17. The fraction of sp³-hybridized carbons (Fsp3) is 0.348. The number of anilines is 1. The monoisotopic (exact) mass is 451 g/mol. The van der Waals surface area contributed by atoms with Crippen LogP contribution in [0.4, 0.5) is 5.69 Å². The van der Waals surface area contributed by atoms with Gasteiger partial charge in [-0.25, -0.2) is 4.79 Å². The Kier molecular flexibility index (Phi) is 8.34. The molecular formula is C23H29N7O3. The number of aromatic amines is 1. The number of H-pyrrole nitrogens is 1. The molecule has 174 valence electrons. The first-order valence-corrected chi connectivity index (χ1v) is 11.0. The predicted molar refractivity (Wildman–Crippen MR) is 126 cm³/mol. The molecule has 4 aromatic rings. The molecule has 33 heavy (non-hydrogen) atoms. The van der Waals surface area contributed by atoms with Crippen LogP contribution in [-0.2, 0) is 4.74 Å². The van der Waals surface area contributed by atoms with E-state index in [1.54, 1.807) is 42.7 Å². The van der Waals surface area contributed by atoms with E-state index in [1.807, 2.05) is 13.0 Å². The summed E-state index contributed by atoms with van der Waals surface area (Å²) in [5.74, 6) is -0.264. The number of hydrogen-bond acceptors (Lipinski definition) is 8. The Morgan fingerprint density at radius 3 is 2.48 bits per heavy atom. The van der Waals surface area contributed by atoms with E-state index < -0.39 is 0 Å². The second-order valence-electron chi connectivity index (χ2n) is 7.19. The zero-order valence-corrected chi connectivity index (χ0v) is 19.1. The smallest absolute Gasteiger partial charge is 0.338 e. The summed E-state index contributed by atoms with van der Waals surface area (Å²) in [7, 11) is 0. The number of aromatic nitrogens is 6. The SMILES string of the molecule is CCCCOC(=O)c1ccc2nn(-c3ccc(N(CC)CC)cc3O)nc2c1.c1c[nH]nn1. The minimum Gasteiger partial charge on any atom is -0.506 e. The number of unbranched alkanes of at least 4 members (excludes halogenated alkanes) is 1. The highest BCUT2D eigenvalue weighted by molar-refractivity contribution is 5.93. The Bertz CT molecular complexity index is 1140. The van der Waals surface area contributed by atoms with Crippen molar-refractivity contribution in [3.63, 3.8) is 0 Å². The van der Waals surface area contributed by atoms with Crippen molar-refractivity contribution in [1.82, 2.24) is 30.4 Å². The summed E-state index contributed by atoms with van der Waals surface area (Å²) in [5.41, 5.74) is 3.07. The molecule has 10 heteroatoms. The van der Waals surface area contributed by atoms with Gasteiger partial charge in [0.2, 0.25) is 0 Å². The van der Waals surface area contributed by atoms with Crippen LogP contribution in [0.5, 0.6) is 5.75 Å². The highest BCUT2D eigenvalue weighted by atomic mass is 16.5. The van der Waals surface area contributed by atoms with E-state index >= 15 is 0 Å². The summed E-state index contributed by atoms with van der Waals surface area (Å²) in [6.45, 7) is 8.31. The summed E-state index contributed by atoms with van der Waals surface area (Å²) in [6.07, 6.45) is 5.05. The molecular weight excluding hydrogens is 422 g/mol. The normalized spacial score (nSPS) is 10.5. The third-order valence-corrected chi connectivity index (χ3v) is 4.98. The van der Waals surface area contributed by atoms with Crippen molar-refractivity contribution in [2.24, 2.45) is 0 Å². The maximum Gasteiger partial charge on any atom is 0.338 e. The van der Waals surface area contributed by atoms with E-state index in [1.165, 1.54) is 4.80 Å². The average Bonchev–Trinajstić information content (AvgIpc) is 3.53. The maximum absolute atomic E-state index is 12.1. The van der Waals surface area contributed by atoms with Gasteiger partial charge in [-0.15, -0.1) is 20.1 Å². The van der Waals surface area contributed by atoms with Gasteiger partial charge in [0.1, 0.15) is 22.5 Å². The van der Waals surface area contributed by atoms with Gasteiger partial charge >= 0.3 is 5.97 Å². The molecule has 0 radical (unpaired) electrons. The summed E-state index contributed by atoms with van der Waals surface area (Å²) in [6, 6.07) is 10.5. The van der Waals surface area contributed by atoms with Crippen molar-refractivity contribution in [2.45, 2.75) is 33.6 Å². The molecule has 0 atom stereocenters. The molecule has 2 aromatic heterocycles. The number of rotatable bonds is 8. The van der Waals surface area contributed by atoms with Gasteiger partial charge in [0.25, 0.3) is 0 Å². The first-order valence-electron chi connectivity index (χ1n) is 11.0. The third kappa shape index (κ3) is 6.06. The van der Waals surface area contributed by atoms with Crippen molar-refractivity contribution in [3.8, 4) is 11.4 Å². The molecule has 0 aliphatic carbocycles. The van der Waals surface area contributed by atoms with Gasteiger partial charge in [-0.2, -0.15) is 0 Å². The number of carbonyl (C=O) groups excluding carboxylic acids is 1. The molecule has 2 aromatic carbocycles. The Morgan fingerprint density at radius 1 is 1.09 bits per heavy atom. The number of aromatic hydroxyl groups is 1. The number of esters is 1. The lowest BCUT2D eigenvalue weighted by atomic mass is 10.2. The lowest BCUT2D eigenvalue weighted by Gasteiger charge is -2.21. The summed E-state index contributed by atoms with van der Waals surface area (Å²) >= 11 is 0. The largest absolute Gasteiger partial charge is 0.506 e. The molecule has 0 amide bonds. The summed E-state index contributed by atoms with van der Waals surface area (Å²) < 4.78 is 5.25. The molecule has 10 nitrogen and oxygen atoms in total. The van der Waals surface area contributed by atoms with Gasteiger partial charge in [0, 0.05) is 31.0 Å². The van der Waals surface area contributed by atoms with Gasteiger partial charge in [-0.05, 0) is 50.6 Å². The highest BCUT2D eigenvalue weighted by Gasteiger charge is 2.14. The average molecular weight is 452 g/mol. The fourth-order valence-corrected chi connectivity index (χ4v) is 3.17. The molecule has 0 unspecified atom stereocenters. The van der Waals surface area contributed by atoms with Gasteiger partial charge in [-0.1, -0.05) is 18.6 Å². The molecule has 0 saturated carbocycles. The van der Waals surface area contributed by atoms with Crippen LogP contribution < -0.4 is 4.90 Å². The van der Waals surface area contributed by atoms with Gasteiger partial charge < -0.3 is 14.7 Å². The van der Waals surface area contributed by atoms with E-state index in [2.05, 4.69) is 44.4 Å². The first kappa shape index (κ1) is 23.7. The zero-order valence-electron chi connectivity index (χ0n) is 19.1. The van der Waals surface area contributed by atoms with E-state index in [4.69, 9.17) is 4.74 Å². The quantitative estimate of drug-likeness (QED) is 0.307. The van der Waals surface area contributed by atoms with Crippen LogP contribution in [0, 0.1) is 0 Å². The number of fused-ring (bicyclic) bond motifs is 1. The van der Waals surface area contributed by atoms with Crippen LogP contribution in [0.3, 0.4) is 0 Å². The molecule has 2 N–H and O–H groups in total. The van der Waals surface area contributed by atoms with Crippen molar-refractivity contribution < 1.29 is 14.6 Å². The van der Waals surface area contributed by atoms with Crippen LogP contribution in [-0.4, -0.2) is 61.2 Å². The Hall–Kier alpha value is -3.95. The Morgan fingerprint density at radius 2 is 1.88 bits per heavy atom. The maximum atomic E-state index is 12.1. The van der Waals surface area contributed by atoms with Crippen molar-refractivity contribution in [2.75, 3.05) is 24.6 Å². The highest BCUT2D eigenvalue weighted by Crippen LogP contribution is 2.27. The van der Waals surface area contributed by atoms with Crippen molar-refractivity contribution in [3.05, 3.63) is 54.4 Å². The summed E-state index contributed by atoms with van der Waals surface area (Å²) in [4.78, 5) is 15.7. The Balaban J connectivity index is 0.000000541. The van der Waals surface area contributed by atoms with Gasteiger partial charge in [0.15, 0.2) is 0 Å². The zero-order chi connectivity index (χ0) is 23.6. The number of benzene rings is 2. The number of phenolic OH excluding ortho intramolecular Hbond substituents is 1. The van der Waals surface area contributed by atoms with Crippen LogP contribution >= 0.6 is 0 Å². The van der Waals surface area contributed by atoms with Crippen LogP contribution in [0.1, 0.15) is 44.0 Å². The number of carbonyl (C=O) groups is 1. The Labute approximate surface area is 192 Å². The summed E-state index contributed by atoms with van der Waals surface area (Å²) in [5, 5.41) is 28.6. The molecule has 2 heterocycles. The minimum absolute atomic E-state index is 0.101. The standard InChI is InChI=1S/C21H26N4O3.C2H3N3/c1-4-7-12-28-21(27)15-8-10-17-18(13-15)23-25(22-17)19-11-9-16(14-20(19)26)24(5-2)6-3;1-2-4-5-3-1/h8-11,13-14,26H,4-7,12H2,1-3H3;1-2H,(H,3,4,5). The van der Waals surface area contributed by atoms with Crippen LogP contribution in [0.25, 0.3) is 16.7 Å². The topological polar surface area (TPSA) is 122 Å². The first-order chi connectivity index (χ1) is 16.1. The van der Waals surface area contributed by atoms with Crippen LogP contribution in [0.15, 0.2) is 48.8 Å². The second-order valence-corrected chi connectivity index (χ2v) is 7.19. The van der Waals surface area contributed by atoms with Gasteiger partial charge in [-0.3, -0.25) is 5.10 Å². The minimum atomic E-state index is -0.365. The van der Waals surface area contributed by atoms with E-state index in [0.29, 0.717) is 28.9 Å². The predicted octanol–water partition coefficient (Wildman–Crippen LogP) is 3.73. The second kappa shape index (κ2) is 11.6. The van der Waals surface area contributed by atoms with Crippen molar-refractivity contribution in [1.29, 1.82) is 0 Å². The van der Waals surface area contributed by atoms with E-state index in [9.17, 15) is 9.90 Å². The lowest BCUT2D eigenvalue weighted by molar-refractivity contribution is 0.0500. The molecule has 0 fully saturated rings.